The quantitative estimate of drug-likeness (QED) is 0.384. The van der Waals surface area contributed by atoms with Gasteiger partial charge in [0, 0.05) is 33.8 Å². The standard InChI is InChI=1S/C28H32Cl2N4/c1-18(28-13-19-10-20(14-28)12-21(11-19)15-28)31-16-26-27(22-6-3-2-4-7-22)33-34(32-26)17-23-24(29)8-5-9-25(23)30/h2-9,18-21,31H,10-17H2,1H3/t18-,19?,20?,21?,28?/m0/s1. The molecule has 2 aromatic carbocycles. The predicted octanol–water partition coefficient (Wildman–Crippen LogP) is 6.99. The van der Waals surface area contributed by atoms with Crippen LogP contribution in [-0.2, 0) is 13.1 Å². The van der Waals surface area contributed by atoms with E-state index in [4.69, 9.17) is 33.4 Å². The van der Waals surface area contributed by atoms with Crippen molar-refractivity contribution >= 4 is 23.2 Å². The monoisotopic (exact) mass is 494 g/mol. The van der Waals surface area contributed by atoms with Crippen molar-refractivity contribution in [1.29, 1.82) is 0 Å². The molecular formula is C28H32Cl2N4. The van der Waals surface area contributed by atoms with Crippen LogP contribution in [0.1, 0.15) is 56.7 Å². The van der Waals surface area contributed by atoms with E-state index >= 15 is 0 Å². The highest BCUT2D eigenvalue weighted by Crippen LogP contribution is 2.61. The van der Waals surface area contributed by atoms with E-state index in [1.807, 2.05) is 24.3 Å². The molecule has 34 heavy (non-hydrogen) atoms. The molecule has 1 atom stereocenters. The normalized spacial score (nSPS) is 28.4. The molecule has 0 saturated heterocycles. The van der Waals surface area contributed by atoms with Gasteiger partial charge in [0.2, 0.25) is 0 Å². The number of nitrogens with zero attached hydrogens (tertiary/aromatic N) is 3. The largest absolute Gasteiger partial charge is 0.308 e. The molecule has 0 unspecified atom stereocenters. The molecule has 4 bridgehead atoms. The topological polar surface area (TPSA) is 42.7 Å². The van der Waals surface area contributed by atoms with Crippen LogP contribution in [0.3, 0.4) is 0 Å². The molecule has 0 spiro atoms. The van der Waals surface area contributed by atoms with Gasteiger partial charge < -0.3 is 5.32 Å². The summed E-state index contributed by atoms with van der Waals surface area (Å²) in [6, 6.07) is 16.4. The van der Waals surface area contributed by atoms with Crippen LogP contribution in [0.2, 0.25) is 10.0 Å². The molecule has 4 fully saturated rings. The van der Waals surface area contributed by atoms with Gasteiger partial charge in [-0.1, -0.05) is 59.6 Å². The van der Waals surface area contributed by atoms with Gasteiger partial charge in [-0.2, -0.15) is 15.0 Å². The van der Waals surface area contributed by atoms with Crippen molar-refractivity contribution in [2.45, 2.75) is 64.6 Å². The van der Waals surface area contributed by atoms with Gasteiger partial charge in [-0.25, -0.2) is 0 Å². The van der Waals surface area contributed by atoms with E-state index in [9.17, 15) is 0 Å². The minimum atomic E-state index is 0.447. The number of aromatic nitrogens is 3. The van der Waals surface area contributed by atoms with E-state index in [0.29, 0.717) is 34.6 Å². The Morgan fingerprint density at radius 1 is 0.912 bits per heavy atom. The summed E-state index contributed by atoms with van der Waals surface area (Å²) in [4.78, 5) is 1.74. The molecule has 6 heteroatoms. The summed E-state index contributed by atoms with van der Waals surface area (Å²) in [5, 5.41) is 15.0. The second-order valence-electron chi connectivity index (χ2n) is 11.0. The predicted molar refractivity (Wildman–Crippen MR) is 138 cm³/mol. The second kappa shape index (κ2) is 8.96. The molecule has 0 radical (unpaired) electrons. The molecule has 0 amide bonds. The summed E-state index contributed by atoms with van der Waals surface area (Å²) >= 11 is 12.9. The first-order valence-electron chi connectivity index (χ1n) is 12.6. The van der Waals surface area contributed by atoms with Crippen molar-refractivity contribution in [3.8, 4) is 11.3 Å². The van der Waals surface area contributed by atoms with Crippen LogP contribution < -0.4 is 5.32 Å². The molecule has 4 nitrogen and oxygen atoms in total. The Labute approximate surface area is 212 Å². The molecule has 1 N–H and O–H groups in total. The first-order chi connectivity index (χ1) is 16.5. The van der Waals surface area contributed by atoms with E-state index in [1.54, 1.807) is 4.80 Å². The van der Waals surface area contributed by atoms with Gasteiger partial charge in [0.05, 0.1) is 6.54 Å². The van der Waals surface area contributed by atoms with Gasteiger partial charge in [0.1, 0.15) is 11.4 Å². The third-order valence-corrected chi connectivity index (χ3v) is 9.42. The highest BCUT2D eigenvalue weighted by Gasteiger charge is 2.52. The maximum Gasteiger partial charge on any atom is 0.117 e. The zero-order chi connectivity index (χ0) is 23.3. The Bertz CT molecular complexity index is 1120. The molecule has 1 aromatic heterocycles. The molecule has 4 saturated carbocycles. The third kappa shape index (κ3) is 4.19. The fourth-order valence-corrected chi connectivity index (χ4v) is 7.91. The van der Waals surface area contributed by atoms with Crippen molar-refractivity contribution in [2.75, 3.05) is 0 Å². The molecule has 4 aliphatic rings. The van der Waals surface area contributed by atoms with E-state index in [2.05, 4.69) is 36.5 Å². The van der Waals surface area contributed by atoms with Gasteiger partial charge >= 0.3 is 0 Å². The molecule has 3 aromatic rings. The van der Waals surface area contributed by atoms with Crippen molar-refractivity contribution in [3.63, 3.8) is 0 Å². The zero-order valence-corrected chi connectivity index (χ0v) is 21.2. The van der Waals surface area contributed by atoms with Crippen molar-refractivity contribution in [1.82, 2.24) is 20.3 Å². The number of rotatable bonds is 7. The summed E-state index contributed by atoms with van der Waals surface area (Å²) in [6.45, 7) is 3.57. The average molecular weight is 495 g/mol. The van der Waals surface area contributed by atoms with Crippen LogP contribution in [0, 0.1) is 23.2 Å². The summed E-state index contributed by atoms with van der Waals surface area (Å²) in [7, 11) is 0. The van der Waals surface area contributed by atoms with Crippen LogP contribution in [0.4, 0.5) is 0 Å². The van der Waals surface area contributed by atoms with Gasteiger partial charge in [0.25, 0.3) is 0 Å². The number of halogens is 2. The lowest BCUT2D eigenvalue weighted by Gasteiger charge is -2.59. The smallest absolute Gasteiger partial charge is 0.117 e. The van der Waals surface area contributed by atoms with Crippen LogP contribution >= 0.6 is 23.2 Å². The van der Waals surface area contributed by atoms with Gasteiger partial charge in [-0.05, 0) is 80.8 Å². The molecular weight excluding hydrogens is 463 g/mol. The van der Waals surface area contributed by atoms with Gasteiger partial charge in [0.15, 0.2) is 0 Å². The number of benzene rings is 2. The van der Waals surface area contributed by atoms with Crippen molar-refractivity contribution in [2.24, 2.45) is 23.2 Å². The fourth-order valence-electron chi connectivity index (χ4n) is 7.39. The summed E-state index contributed by atoms with van der Waals surface area (Å²) in [5.74, 6) is 2.87. The molecule has 4 aliphatic carbocycles. The zero-order valence-electron chi connectivity index (χ0n) is 19.7. The number of hydrogen-bond donors (Lipinski definition) is 1. The lowest BCUT2D eigenvalue weighted by Crippen LogP contribution is -2.54. The van der Waals surface area contributed by atoms with Crippen LogP contribution in [0.5, 0.6) is 0 Å². The first kappa shape index (κ1) is 22.6. The molecule has 0 aliphatic heterocycles. The summed E-state index contributed by atoms with van der Waals surface area (Å²) in [6.07, 6.45) is 8.62. The van der Waals surface area contributed by atoms with Gasteiger partial charge in [-0.15, -0.1) is 0 Å². The minimum Gasteiger partial charge on any atom is -0.308 e. The molecule has 178 valence electrons. The van der Waals surface area contributed by atoms with E-state index in [1.165, 1.54) is 38.5 Å². The fraction of sp³-hybridized carbons (Fsp3) is 0.500. The Morgan fingerprint density at radius 2 is 1.53 bits per heavy atom. The van der Waals surface area contributed by atoms with Gasteiger partial charge in [-0.3, -0.25) is 0 Å². The van der Waals surface area contributed by atoms with Crippen LogP contribution in [0.25, 0.3) is 11.3 Å². The lowest BCUT2D eigenvalue weighted by atomic mass is 9.48. The molecule has 1 heterocycles. The minimum absolute atomic E-state index is 0.447. The summed E-state index contributed by atoms with van der Waals surface area (Å²) in [5.41, 5.74) is 4.29. The highest BCUT2D eigenvalue weighted by atomic mass is 35.5. The first-order valence-corrected chi connectivity index (χ1v) is 13.4. The average Bonchev–Trinajstić information content (AvgIpc) is 3.22. The van der Waals surface area contributed by atoms with E-state index in [-0.39, 0.29) is 0 Å². The third-order valence-electron chi connectivity index (χ3n) is 8.71. The Balaban J connectivity index is 1.25. The SMILES string of the molecule is C[C@H](NCc1nn(Cc2c(Cl)cccc2Cl)nc1-c1ccccc1)C12CC3CC(CC(C3)C1)C2. The highest BCUT2D eigenvalue weighted by molar-refractivity contribution is 6.35. The number of nitrogens with one attached hydrogen (secondary N) is 1. The van der Waals surface area contributed by atoms with E-state index in [0.717, 1.165) is 40.3 Å². The van der Waals surface area contributed by atoms with Crippen molar-refractivity contribution in [3.05, 3.63) is 69.8 Å². The second-order valence-corrected chi connectivity index (χ2v) is 11.8. The van der Waals surface area contributed by atoms with Crippen molar-refractivity contribution < 1.29 is 0 Å². The van der Waals surface area contributed by atoms with Crippen LogP contribution in [0.15, 0.2) is 48.5 Å². The Hall–Kier alpha value is -1.88. The van der Waals surface area contributed by atoms with E-state index < -0.39 is 0 Å². The number of hydrogen-bond acceptors (Lipinski definition) is 3. The molecule has 7 rings (SSSR count). The maximum atomic E-state index is 6.43. The maximum absolute atomic E-state index is 6.43. The Kier molecular flexibility index (Phi) is 5.95. The van der Waals surface area contributed by atoms with Crippen LogP contribution in [-0.4, -0.2) is 21.0 Å². The Morgan fingerprint density at radius 3 is 2.15 bits per heavy atom. The lowest BCUT2D eigenvalue weighted by molar-refractivity contribution is -0.0707. The summed E-state index contributed by atoms with van der Waals surface area (Å²) < 4.78 is 0.